The maximum Gasteiger partial charge on any atom is 0.307 e. The van der Waals surface area contributed by atoms with Gasteiger partial charge in [0.05, 0.1) is 18.6 Å². The highest BCUT2D eigenvalue weighted by molar-refractivity contribution is 5.84. The van der Waals surface area contributed by atoms with Crippen LogP contribution in [0.1, 0.15) is 34.6 Å². The quantitative estimate of drug-likeness (QED) is 0.693. The summed E-state index contributed by atoms with van der Waals surface area (Å²) < 4.78 is 5.31. The number of hydrogen-bond donors (Lipinski definition) is 2. The standard InChI is InChI=1S/C13H25NO4/c1-6-18-7-11(8(2)3)14-12(15)9(4)10(5)13(16)17/h8-11H,6-7H2,1-5H3,(H,14,15)(H,16,17). The fourth-order valence-corrected chi connectivity index (χ4v) is 1.40. The monoisotopic (exact) mass is 259 g/mol. The van der Waals surface area contributed by atoms with Crippen molar-refractivity contribution in [3.63, 3.8) is 0 Å². The Kier molecular flexibility index (Phi) is 7.59. The van der Waals surface area contributed by atoms with E-state index in [1.165, 1.54) is 0 Å². The molecule has 0 spiro atoms. The van der Waals surface area contributed by atoms with Gasteiger partial charge in [-0.05, 0) is 12.8 Å². The van der Waals surface area contributed by atoms with Gasteiger partial charge >= 0.3 is 5.97 Å². The first-order valence-corrected chi connectivity index (χ1v) is 6.42. The Hall–Kier alpha value is -1.10. The molecule has 106 valence electrons. The molecule has 0 aliphatic rings. The Morgan fingerprint density at radius 1 is 1.17 bits per heavy atom. The van der Waals surface area contributed by atoms with Crippen LogP contribution >= 0.6 is 0 Å². The minimum atomic E-state index is -0.955. The summed E-state index contributed by atoms with van der Waals surface area (Å²) in [6, 6.07) is -0.0825. The molecular formula is C13H25NO4. The number of carboxylic acids is 1. The minimum Gasteiger partial charge on any atom is -0.481 e. The van der Waals surface area contributed by atoms with Crippen molar-refractivity contribution in [1.82, 2.24) is 5.32 Å². The Bertz CT molecular complexity index is 278. The highest BCUT2D eigenvalue weighted by Crippen LogP contribution is 2.12. The molecule has 3 unspecified atom stereocenters. The molecule has 0 aromatic carbocycles. The maximum absolute atomic E-state index is 11.9. The molecule has 0 saturated carbocycles. The van der Waals surface area contributed by atoms with E-state index in [9.17, 15) is 9.59 Å². The van der Waals surface area contributed by atoms with E-state index in [-0.39, 0.29) is 17.9 Å². The van der Waals surface area contributed by atoms with E-state index in [2.05, 4.69) is 5.32 Å². The third-order valence-electron chi connectivity index (χ3n) is 3.19. The number of rotatable bonds is 8. The number of carboxylic acid groups (broad SMARTS) is 1. The number of carbonyl (C=O) groups is 2. The number of aliphatic carboxylic acids is 1. The second-order valence-electron chi connectivity index (χ2n) is 4.93. The maximum atomic E-state index is 11.9. The van der Waals surface area contributed by atoms with Crippen LogP contribution in [0.5, 0.6) is 0 Å². The third-order valence-corrected chi connectivity index (χ3v) is 3.19. The number of nitrogens with one attached hydrogen (secondary N) is 1. The SMILES string of the molecule is CCOCC(NC(=O)C(C)C(C)C(=O)O)C(C)C. The van der Waals surface area contributed by atoms with Crippen LogP contribution in [0.25, 0.3) is 0 Å². The van der Waals surface area contributed by atoms with Crippen molar-refractivity contribution >= 4 is 11.9 Å². The highest BCUT2D eigenvalue weighted by Gasteiger charge is 2.27. The largest absolute Gasteiger partial charge is 0.481 e. The Balaban J connectivity index is 4.45. The summed E-state index contributed by atoms with van der Waals surface area (Å²) in [5.41, 5.74) is 0. The van der Waals surface area contributed by atoms with Gasteiger partial charge in [-0.1, -0.05) is 27.7 Å². The van der Waals surface area contributed by atoms with Crippen molar-refractivity contribution < 1.29 is 19.4 Å². The Labute approximate surface area is 109 Å². The first kappa shape index (κ1) is 16.9. The van der Waals surface area contributed by atoms with Gasteiger partial charge < -0.3 is 15.2 Å². The molecule has 0 heterocycles. The molecule has 0 radical (unpaired) electrons. The fourth-order valence-electron chi connectivity index (χ4n) is 1.40. The number of carbonyl (C=O) groups excluding carboxylic acids is 1. The predicted molar refractivity (Wildman–Crippen MR) is 69.2 cm³/mol. The average Bonchev–Trinajstić information content (AvgIpc) is 2.31. The minimum absolute atomic E-state index is 0.0825. The van der Waals surface area contributed by atoms with Crippen LogP contribution in [0.2, 0.25) is 0 Å². The molecule has 1 amide bonds. The zero-order valence-electron chi connectivity index (χ0n) is 11.9. The van der Waals surface area contributed by atoms with Crippen LogP contribution in [0.3, 0.4) is 0 Å². The smallest absolute Gasteiger partial charge is 0.307 e. The zero-order chi connectivity index (χ0) is 14.3. The molecule has 0 aromatic heterocycles. The molecule has 0 rings (SSSR count). The van der Waals surface area contributed by atoms with Crippen LogP contribution in [-0.4, -0.2) is 36.2 Å². The van der Waals surface area contributed by atoms with Gasteiger partial charge in [-0.25, -0.2) is 0 Å². The van der Waals surface area contributed by atoms with E-state index in [0.29, 0.717) is 13.2 Å². The van der Waals surface area contributed by atoms with E-state index in [1.807, 2.05) is 20.8 Å². The molecular weight excluding hydrogens is 234 g/mol. The lowest BCUT2D eigenvalue weighted by Crippen LogP contribution is -2.46. The van der Waals surface area contributed by atoms with Crippen LogP contribution in [0.4, 0.5) is 0 Å². The summed E-state index contributed by atoms with van der Waals surface area (Å²) in [5.74, 6) is -2.19. The van der Waals surface area contributed by atoms with Gasteiger partial charge in [0.1, 0.15) is 0 Å². The van der Waals surface area contributed by atoms with Crippen LogP contribution < -0.4 is 5.32 Å². The molecule has 18 heavy (non-hydrogen) atoms. The van der Waals surface area contributed by atoms with Crippen molar-refractivity contribution in [1.29, 1.82) is 0 Å². The molecule has 0 bridgehead atoms. The number of amides is 1. The molecule has 0 aromatic rings. The highest BCUT2D eigenvalue weighted by atomic mass is 16.5. The Morgan fingerprint density at radius 2 is 1.72 bits per heavy atom. The lowest BCUT2D eigenvalue weighted by atomic mass is 9.94. The van der Waals surface area contributed by atoms with Gasteiger partial charge in [-0.3, -0.25) is 9.59 Å². The third kappa shape index (κ3) is 5.49. The van der Waals surface area contributed by atoms with Crippen molar-refractivity contribution in [3.8, 4) is 0 Å². The summed E-state index contributed by atoms with van der Waals surface area (Å²) in [5, 5.41) is 11.7. The summed E-state index contributed by atoms with van der Waals surface area (Å²) in [6.07, 6.45) is 0. The zero-order valence-corrected chi connectivity index (χ0v) is 11.9. The second kappa shape index (κ2) is 8.08. The predicted octanol–water partition coefficient (Wildman–Crippen LogP) is 1.52. The lowest BCUT2D eigenvalue weighted by molar-refractivity contribution is -0.146. The van der Waals surface area contributed by atoms with Gasteiger partial charge in [-0.2, -0.15) is 0 Å². The van der Waals surface area contributed by atoms with Gasteiger partial charge in [0, 0.05) is 12.5 Å². The number of hydrogen-bond acceptors (Lipinski definition) is 3. The van der Waals surface area contributed by atoms with Gasteiger partial charge in [0.2, 0.25) is 5.91 Å². The lowest BCUT2D eigenvalue weighted by Gasteiger charge is -2.25. The summed E-state index contributed by atoms with van der Waals surface area (Å²) >= 11 is 0. The van der Waals surface area contributed by atoms with E-state index < -0.39 is 17.8 Å². The number of ether oxygens (including phenoxy) is 1. The van der Waals surface area contributed by atoms with Crippen molar-refractivity contribution in [2.24, 2.45) is 17.8 Å². The van der Waals surface area contributed by atoms with E-state index in [0.717, 1.165) is 0 Å². The van der Waals surface area contributed by atoms with Crippen LogP contribution in [0, 0.1) is 17.8 Å². The topological polar surface area (TPSA) is 75.6 Å². The summed E-state index contributed by atoms with van der Waals surface area (Å²) in [4.78, 5) is 22.8. The van der Waals surface area contributed by atoms with Crippen molar-refractivity contribution in [3.05, 3.63) is 0 Å². The molecule has 5 heteroatoms. The van der Waals surface area contributed by atoms with Crippen LogP contribution in [0.15, 0.2) is 0 Å². The first-order valence-electron chi connectivity index (χ1n) is 6.42. The molecule has 3 atom stereocenters. The van der Waals surface area contributed by atoms with Gasteiger partial charge in [-0.15, -0.1) is 0 Å². The summed E-state index contributed by atoms with van der Waals surface area (Å²) in [6.45, 7) is 10.1. The molecule has 0 aliphatic carbocycles. The molecule has 0 saturated heterocycles. The van der Waals surface area contributed by atoms with E-state index in [1.54, 1.807) is 13.8 Å². The molecule has 5 nitrogen and oxygen atoms in total. The van der Waals surface area contributed by atoms with Crippen molar-refractivity contribution in [2.45, 2.75) is 40.7 Å². The fraction of sp³-hybridized carbons (Fsp3) is 0.846. The van der Waals surface area contributed by atoms with Crippen LogP contribution in [-0.2, 0) is 14.3 Å². The molecule has 0 fully saturated rings. The molecule has 2 N–H and O–H groups in total. The van der Waals surface area contributed by atoms with E-state index >= 15 is 0 Å². The normalized spacial score (nSPS) is 16.1. The second-order valence-corrected chi connectivity index (χ2v) is 4.93. The van der Waals surface area contributed by atoms with E-state index in [4.69, 9.17) is 9.84 Å². The Morgan fingerprint density at radius 3 is 2.11 bits per heavy atom. The van der Waals surface area contributed by atoms with Gasteiger partial charge in [0.25, 0.3) is 0 Å². The molecule has 0 aliphatic heterocycles. The van der Waals surface area contributed by atoms with Crippen molar-refractivity contribution in [2.75, 3.05) is 13.2 Å². The first-order chi connectivity index (χ1) is 8.31. The average molecular weight is 259 g/mol. The summed E-state index contributed by atoms with van der Waals surface area (Å²) in [7, 11) is 0. The van der Waals surface area contributed by atoms with Gasteiger partial charge in [0.15, 0.2) is 0 Å².